The van der Waals surface area contributed by atoms with E-state index in [1.54, 1.807) is 28.9 Å². The zero-order valence-corrected chi connectivity index (χ0v) is 20.4. The summed E-state index contributed by atoms with van der Waals surface area (Å²) in [5.74, 6) is 0.689. The van der Waals surface area contributed by atoms with E-state index in [4.69, 9.17) is 4.98 Å². The SMILES string of the molecule is CCn1c(C)nc2cc(C(=O)NN=Cc3sc(N4CCCCC4)nc3-c3cccs3)ccc21. The number of thiazole rings is 1. The fraction of sp³-hybridized carbons (Fsp3) is 0.333. The predicted molar refractivity (Wildman–Crippen MR) is 137 cm³/mol. The highest BCUT2D eigenvalue weighted by molar-refractivity contribution is 7.18. The average molecular weight is 479 g/mol. The highest BCUT2D eigenvalue weighted by Gasteiger charge is 2.19. The lowest BCUT2D eigenvalue weighted by Gasteiger charge is -2.25. The second kappa shape index (κ2) is 9.44. The molecule has 1 aliphatic rings. The summed E-state index contributed by atoms with van der Waals surface area (Å²) in [7, 11) is 0. The fourth-order valence-electron chi connectivity index (χ4n) is 4.22. The number of carbonyl (C=O) groups is 1. The number of imidazole rings is 1. The highest BCUT2D eigenvalue weighted by Crippen LogP contribution is 2.35. The van der Waals surface area contributed by atoms with Gasteiger partial charge in [-0.25, -0.2) is 15.4 Å². The zero-order chi connectivity index (χ0) is 22.8. The third-order valence-electron chi connectivity index (χ3n) is 5.89. The van der Waals surface area contributed by atoms with Gasteiger partial charge in [-0.1, -0.05) is 17.4 Å². The first-order valence-corrected chi connectivity index (χ1v) is 12.9. The van der Waals surface area contributed by atoms with Gasteiger partial charge in [0.2, 0.25) is 0 Å². The van der Waals surface area contributed by atoms with Crippen molar-refractivity contribution in [2.45, 2.75) is 39.7 Å². The standard InChI is InChI=1S/C24H26N6OS2/c1-3-30-16(2)26-18-14-17(9-10-19(18)30)23(31)28-25-15-21-22(20-8-7-13-32-20)27-24(33-21)29-11-5-4-6-12-29/h7-10,13-15H,3-6,11-12H2,1-2H3,(H,28,31). The first-order chi connectivity index (χ1) is 16.1. The lowest BCUT2D eigenvalue weighted by Crippen LogP contribution is -2.29. The molecule has 1 aromatic carbocycles. The second-order valence-corrected chi connectivity index (χ2v) is 10.00. The number of rotatable bonds is 6. The molecule has 1 saturated heterocycles. The molecular formula is C24H26N6OS2. The zero-order valence-electron chi connectivity index (χ0n) is 18.7. The molecule has 0 radical (unpaired) electrons. The van der Waals surface area contributed by atoms with Gasteiger partial charge in [0.15, 0.2) is 5.13 Å². The van der Waals surface area contributed by atoms with Gasteiger partial charge in [-0.15, -0.1) is 11.3 Å². The van der Waals surface area contributed by atoms with Gasteiger partial charge < -0.3 is 9.47 Å². The molecule has 9 heteroatoms. The van der Waals surface area contributed by atoms with Crippen molar-refractivity contribution in [1.82, 2.24) is 20.0 Å². The lowest BCUT2D eigenvalue weighted by molar-refractivity contribution is 0.0955. The molecule has 1 amide bonds. The minimum absolute atomic E-state index is 0.254. The largest absolute Gasteiger partial charge is 0.348 e. The van der Waals surface area contributed by atoms with Crippen LogP contribution in [0.4, 0.5) is 5.13 Å². The van der Waals surface area contributed by atoms with Crippen LogP contribution in [0.2, 0.25) is 0 Å². The van der Waals surface area contributed by atoms with Gasteiger partial charge in [0.05, 0.1) is 27.0 Å². The summed E-state index contributed by atoms with van der Waals surface area (Å²) in [6, 6.07) is 9.68. The number of benzene rings is 1. The molecule has 0 bridgehead atoms. The van der Waals surface area contributed by atoms with Crippen molar-refractivity contribution in [2.24, 2.45) is 5.10 Å². The van der Waals surface area contributed by atoms with Gasteiger partial charge in [0, 0.05) is 25.2 Å². The Morgan fingerprint density at radius 2 is 2.06 bits per heavy atom. The van der Waals surface area contributed by atoms with Crippen molar-refractivity contribution in [3.8, 4) is 10.6 Å². The summed E-state index contributed by atoms with van der Waals surface area (Å²) in [6.07, 6.45) is 5.40. The molecule has 0 unspecified atom stereocenters. The maximum atomic E-state index is 12.7. The number of thiophene rings is 1. The Balaban J connectivity index is 1.36. The molecule has 7 nitrogen and oxygen atoms in total. The van der Waals surface area contributed by atoms with Crippen molar-refractivity contribution in [1.29, 1.82) is 0 Å². The van der Waals surface area contributed by atoms with E-state index in [-0.39, 0.29) is 5.91 Å². The van der Waals surface area contributed by atoms with E-state index in [9.17, 15) is 4.79 Å². The Hall–Kier alpha value is -3.04. The van der Waals surface area contributed by atoms with E-state index >= 15 is 0 Å². The Morgan fingerprint density at radius 3 is 2.82 bits per heavy atom. The lowest BCUT2D eigenvalue weighted by atomic mass is 10.1. The van der Waals surface area contributed by atoms with Crippen LogP contribution in [0.3, 0.4) is 0 Å². The smallest absolute Gasteiger partial charge is 0.271 e. The molecule has 4 heterocycles. The fourth-order valence-corrected chi connectivity index (χ4v) is 6.02. The third-order valence-corrected chi connectivity index (χ3v) is 7.82. The molecule has 4 aromatic rings. The highest BCUT2D eigenvalue weighted by atomic mass is 32.1. The Bertz CT molecular complexity index is 1300. The van der Waals surface area contributed by atoms with Gasteiger partial charge in [-0.3, -0.25) is 4.79 Å². The topological polar surface area (TPSA) is 75.4 Å². The van der Waals surface area contributed by atoms with Crippen LogP contribution in [0.1, 0.15) is 47.2 Å². The van der Waals surface area contributed by atoms with Gasteiger partial charge in [-0.2, -0.15) is 5.10 Å². The number of fused-ring (bicyclic) bond motifs is 1. The van der Waals surface area contributed by atoms with Crippen LogP contribution in [0, 0.1) is 6.92 Å². The molecule has 33 heavy (non-hydrogen) atoms. The number of hydrazone groups is 1. The molecule has 1 aliphatic heterocycles. The number of nitrogens with zero attached hydrogens (tertiary/aromatic N) is 5. The number of carbonyl (C=O) groups excluding carboxylic acids is 1. The Morgan fingerprint density at radius 1 is 1.21 bits per heavy atom. The van der Waals surface area contributed by atoms with Crippen molar-refractivity contribution < 1.29 is 4.79 Å². The number of hydrogen-bond acceptors (Lipinski definition) is 7. The summed E-state index contributed by atoms with van der Waals surface area (Å²) >= 11 is 3.29. The predicted octanol–water partition coefficient (Wildman–Crippen LogP) is 5.30. The third kappa shape index (κ3) is 4.43. The van der Waals surface area contributed by atoms with Crippen LogP contribution in [0.5, 0.6) is 0 Å². The van der Waals surface area contributed by atoms with Gasteiger partial charge >= 0.3 is 0 Å². The molecule has 0 atom stereocenters. The molecule has 170 valence electrons. The van der Waals surface area contributed by atoms with Gasteiger partial charge in [-0.05, 0) is 62.8 Å². The molecular weight excluding hydrogens is 452 g/mol. The summed E-state index contributed by atoms with van der Waals surface area (Å²) in [4.78, 5) is 26.6. The van der Waals surface area contributed by atoms with Crippen LogP contribution in [-0.2, 0) is 6.54 Å². The van der Waals surface area contributed by atoms with E-state index < -0.39 is 0 Å². The maximum Gasteiger partial charge on any atom is 0.271 e. The summed E-state index contributed by atoms with van der Waals surface area (Å²) < 4.78 is 2.13. The molecule has 3 aromatic heterocycles. The number of piperidine rings is 1. The number of nitrogens with one attached hydrogen (secondary N) is 1. The number of aromatic nitrogens is 3. The van der Waals surface area contributed by atoms with Crippen molar-refractivity contribution in [2.75, 3.05) is 18.0 Å². The van der Waals surface area contributed by atoms with E-state index in [1.165, 1.54) is 19.3 Å². The number of anilines is 1. The maximum absolute atomic E-state index is 12.7. The average Bonchev–Trinajstić information content (AvgIpc) is 3.57. The summed E-state index contributed by atoms with van der Waals surface area (Å²) in [5.41, 5.74) is 5.99. The number of amides is 1. The van der Waals surface area contributed by atoms with Crippen molar-refractivity contribution in [3.63, 3.8) is 0 Å². The quantitative estimate of drug-likeness (QED) is 0.301. The first kappa shape index (κ1) is 21.8. The van der Waals surface area contributed by atoms with Gasteiger partial charge in [0.25, 0.3) is 5.91 Å². The Kier molecular flexibility index (Phi) is 6.24. The van der Waals surface area contributed by atoms with E-state index in [1.807, 2.05) is 31.2 Å². The molecule has 0 spiro atoms. The second-order valence-electron chi connectivity index (χ2n) is 8.04. The van der Waals surface area contributed by atoms with Crippen LogP contribution >= 0.6 is 22.7 Å². The number of aryl methyl sites for hydroxylation is 2. The monoisotopic (exact) mass is 478 g/mol. The normalized spacial score (nSPS) is 14.4. The number of hydrogen-bond donors (Lipinski definition) is 1. The van der Waals surface area contributed by atoms with E-state index in [0.717, 1.165) is 57.1 Å². The minimum Gasteiger partial charge on any atom is -0.348 e. The molecule has 1 fully saturated rings. The van der Waals surface area contributed by atoms with Crippen LogP contribution in [-0.4, -0.2) is 39.7 Å². The summed E-state index contributed by atoms with van der Waals surface area (Å²) in [5, 5.41) is 7.35. The van der Waals surface area contributed by atoms with Crippen LogP contribution < -0.4 is 10.3 Å². The first-order valence-electron chi connectivity index (χ1n) is 11.2. The summed E-state index contributed by atoms with van der Waals surface area (Å²) in [6.45, 7) is 7.00. The van der Waals surface area contributed by atoms with Gasteiger partial charge in [0.1, 0.15) is 11.5 Å². The van der Waals surface area contributed by atoms with Crippen molar-refractivity contribution >= 4 is 51.0 Å². The van der Waals surface area contributed by atoms with Crippen LogP contribution in [0.15, 0.2) is 40.8 Å². The molecule has 5 rings (SSSR count). The molecule has 1 N–H and O–H groups in total. The van der Waals surface area contributed by atoms with E-state index in [0.29, 0.717) is 5.56 Å². The van der Waals surface area contributed by atoms with Crippen LogP contribution in [0.25, 0.3) is 21.6 Å². The van der Waals surface area contributed by atoms with E-state index in [2.05, 4.69) is 43.3 Å². The van der Waals surface area contributed by atoms with Crippen molar-refractivity contribution in [3.05, 3.63) is 52.0 Å². The minimum atomic E-state index is -0.254. The molecule has 0 saturated carbocycles. The Labute approximate surface area is 200 Å². The molecule has 0 aliphatic carbocycles.